The SMILES string of the molecule is O=C(O)C=Cc1cnccc1C(=O)NCc1ccc(Cl)s1. The zero-order chi connectivity index (χ0) is 15.2. The first-order chi connectivity index (χ1) is 10.1. The molecule has 7 heteroatoms. The zero-order valence-electron chi connectivity index (χ0n) is 10.7. The number of aromatic nitrogens is 1. The van der Waals surface area contributed by atoms with Crippen LogP contribution in [0.3, 0.4) is 0 Å². The second-order valence-electron chi connectivity index (χ2n) is 4.02. The van der Waals surface area contributed by atoms with E-state index < -0.39 is 5.97 Å². The van der Waals surface area contributed by atoms with Crippen LogP contribution in [0, 0.1) is 0 Å². The van der Waals surface area contributed by atoms with Crippen molar-refractivity contribution in [1.82, 2.24) is 10.3 Å². The molecule has 0 aliphatic carbocycles. The highest BCUT2D eigenvalue weighted by molar-refractivity contribution is 7.16. The van der Waals surface area contributed by atoms with Gasteiger partial charge in [-0.15, -0.1) is 11.3 Å². The molecule has 0 aliphatic rings. The Morgan fingerprint density at radius 3 is 2.86 bits per heavy atom. The molecule has 2 heterocycles. The van der Waals surface area contributed by atoms with Crippen LogP contribution in [-0.4, -0.2) is 22.0 Å². The highest BCUT2D eigenvalue weighted by Gasteiger charge is 2.10. The Kier molecular flexibility index (Phi) is 5.08. The van der Waals surface area contributed by atoms with Crippen molar-refractivity contribution in [3.8, 4) is 0 Å². The van der Waals surface area contributed by atoms with E-state index in [0.29, 0.717) is 22.0 Å². The van der Waals surface area contributed by atoms with Gasteiger partial charge in [-0.25, -0.2) is 4.79 Å². The number of hydrogen-bond donors (Lipinski definition) is 2. The monoisotopic (exact) mass is 322 g/mol. The molecular formula is C14H11ClN2O3S. The Morgan fingerprint density at radius 2 is 2.19 bits per heavy atom. The summed E-state index contributed by atoms with van der Waals surface area (Å²) in [7, 11) is 0. The lowest BCUT2D eigenvalue weighted by Crippen LogP contribution is -2.23. The van der Waals surface area contributed by atoms with E-state index in [4.69, 9.17) is 16.7 Å². The van der Waals surface area contributed by atoms with Gasteiger partial charge in [0, 0.05) is 34.5 Å². The number of carbonyl (C=O) groups is 2. The van der Waals surface area contributed by atoms with E-state index in [0.717, 1.165) is 11.0 Å². The Hall–Kier alpha value is -2.18. The Balaban J connectivity index is 2.10. The first kappa shape index (κ1) is 15.2. The van der Waals surface area contributed by atoms with Crippen LogP contribution in [0.4, 0.5) is 0 Å². The van der Waals surface area contributed by atoms with E-state index in [9.17, 15) is 9.59 Å². The van der Waals surface area contributed by atoms with Crippen molar-refractivity contribution in [2.75, 3.05) is 0 Å². The molecule has 1 amide bonds. The number of halogens is 1. The van der Waals surface area contributed by atoms with Gasteiger partial charge < -0.3 is 10.4 Å². The molecule has 0 fully saturated rings. The molecule has 0 radical (unpaired) electrons. The lowest BCUT2D eigenvalue weighted by molar-refractivity contribution is -0.131. The van der Waals surface area contributed by atoms with E-state index in [1.807, 2.05) is 6.07 Å². The van der Waals surface area contributed by atoms with E-state index >= 15 is 0 Å². The molecule has 0 spiro atoms. The van der Waals surface area contributed by atoms with Crippen molar-refractivity contribution >= 4 is 40.9 Å². The summed E-state index contributed by atoms with van der Waals surface area (Å²) in [6.45, 7) is 0.362. The number of nitrogens with zero attached hydrogens (tertiary/aromatic N) is 1. The van der Waals surface area contributed by atoms with Gasteiger partial charge in [-0.2, -0.15) is 0 Å². The second kappa shape index (κ2) is 7.01. The first-order valence-corrected chi connectivity index (χ1v) is 7.13. The summed E-state index contributed by atoms with van der Waals surface area (Å²) >= 11 is 7.21. The molecular weight excluding hydrogens is 312 g/mol. The van der Waals surface area contributed by atoms with Gasteiger partial charge >= 0.3 is 5.97 Å². The predicted octanol–water partition coefficient (Wildman–Crippen LogP) is 2.82. The van der Waals surface area contributed by atoms with E-state index in [1.54, 1.807) is 6.07 Å². The maximum atomic E-state index is 12.1. The molecule has 2 rings (SSSR count). The number of hydrogen-bond acceptors (Lipinski definition) is 4. The standard InChI is InChI=1S/C14H11ClN2O3S/c15-12-3-2-10(21-12)8-17-14(20)11-5-6-16-7-9(11)1-4-13(18)19/h1-7H,8H2,(H,17,20)(H,18,19). The van der Waals surface area contributed by atoms with Crippen molar-refractivity contribution in [2.24, 2.45) is 0 Å². The number of rotatable bonds is 5. The molecule has 0 atom stereocenters. The van der Waals surface area contributed by atoms with Crippen LogP contribution in [0.1, 0.15) is 20.8 Å². The molecule has 0 bridgehead atoms. The minimum atomic E-state index is -1.08. The molecule has 21 heavy (non-hydrogen) atoms. The highest BCUT2D eigenvalue weighted by Crippen LogP contribution is 2.21. The molecule has 0 unspecified atom stereocenters. The molecule has 0 aromatic carbocycles. The Labute approximate surface area is 129 Å². The molecule has 108 valence electrons. The van der Waals surface area contributed by atoms with Crippen LogP contribution in [0.2, 0.25) is 4.34 Å². The van der Waals surface area contributed by atoms with Gasteiger partial charge in [0.25, 0.3) is 5.91 Å². The normalized spacial score (nSPS) is 10.7. The topological polar surface area (TPSA) is 79.3 Å². The minimum Gasteiger partial charge on any atom is -0.478 e. The summed E-state index contributed by atoms with van der Waals surface area (Å²) in [5.74, 6) is -1.38. The van der Waals surface area contributed by atoms with Crippen LogP contribution >= 0.6 is 22.9 Å². The zero-order valence-corrected chi connectivity index (χ0v) is 12.3. The van der Waals surface area contributed by atoms with Crippen molar-refractivity contribution in [3.63, 3.8) is 0 Å². The molecule has 2 N–H and O–H groups in total. The summed E-state index contributed by atoms with van der Waals surface area (Å²) in [6, 6.07) is 5.14. The number of thiophene rings is 1. The summed E-state index contributed by atoms with van der Waals surface area (Å²) in [4.78, 5) is 27.5. The number of carbonyl (C=O) groups excluding carboxylic acids is 1. The number of pyridine rings is 1. The predicted molar refractivity (Wildman–Crippen MR) is 81.4 cm³/mol. The van der Waals surface area contributed by atoms with Gasteiger partial charge in [-0.05, 0) is 24.3 Å². The molecule has 0 saturated carbocycles. The maximum absolute atomic E-state index is 12.1. The van der Waals surface area contributed by atoms with Gasteiger partial charge in [-0.1, -0.05) is 11.6 Å². The minimum absolute atomic E-state index is 0.299. The van der Waals surface area contributed by atoms with Gasteiger partial charge in [-0.3, -0.25) is 9.78 Å². The second-order valence-corrected chi connectivity index (χ2v) is 5.82. The van der Waals surface area contributed by atoms with Crippen LogP contribution in [0.25, 0.3) is 6.08 Å². The number of nitrogens with one attached hydrogen (secondary N) is 1. The smallest absolute Gasteiger partial charge is 0.328 e. The number of carboxylic acids is 1. The van der Waals surface area contributed by atoms with Crippen molar-refractivity contribution < 1.29 is 14.7 Å². The lowest BCUT2D eigenvalue weighted by atomic mass is 10.1. The average molecular weight is 323 g/mol. The van der Waals surface area contributed by atoms with Crippen LogP contribution in [0.5, 0.6) is 0 Å². The number of aliphatic carboxylic acids is 1. The molecule has 2 aromatic heterocycles. The molecule has 2 aromatic rings. The van der Waals surface area contributed by atoms with Crippen LogP contribution in [0.15, 0.2) is 36.7 Å². The van der Waals surface area contributed by atoms with Crippen molar-refractivity contribution in [3.05, 3.63) is 57.0 Å². The molecule has 0 saturated heterocycles. The molecule has 0 aliphatic heterocycles. The largest absolute Gasteiger partial charge is 0.478 e. The lowest BCUT2D eigenvalue weighted by Gasteiger charge is -2.06. The summed E-state index contributed by atoms with van der Waals surface area (Å²) in [5, 5.41) is 11.4. The summed E-state index contributed by atoms with van der Waals surface area (Å²) < 4.78 is 0.660. The van der Waals surface area contributed by atoms with Gasteiger partial charge in [0.05, 0.1) is 10.9 Å². The fraction of sp³-hybridized carbons (Fsp3) is 0.0714. The molecule has 5 nitrogen and oxygen atoms in total. The van der Waals surface area contributed by atoms with E-state index in [-0.39, 0.29) is 5.91 Å². The fourth-order valence-electron chi connectivity index (χ4n) is 1.62. The van der Waals surface area contributed by atoms with Gasteiger partial charge in [0.1, 0.15) is 0 Å². The average Bonchev–Trinajstić information content (AvgIpc) is 2.88. The van der Waals surface area contributed by atoms with E-state index in [1.165, 1.54) is 35.9 Å². The van der Waals surface area contributed by atoms with Gasteiger partial charge in [0.2, 0.25) is 0 Å². The van der Waals surface area contributed by atoms with Crippen molar-refractivity contribution in [1.29, 1.82) is 0 Å². The Morgan fingerprint density at radius 1 is 1.38 bits per heavy atom. The van der Waals surface area contributed by atoms with Crippen LogP contribution < -0.4 is 5.32 Å². The van der Waals surface area contributed by atoms with Crippen LogP contribution in [-0.2, 0) is 11.3 Å². The van der Waals surface area contributed by atoms with E-state index in [2.05, 4.69) is 10.3 Å². The summed E-state index contributed by atoms with van der Waals surface area (Å²) in [6.07, 6.45) is 5.23. The quantitative estimate of drug-likeness (QED) is 0.830. The third kappa shape index (κ3) is 4.40. The summed E-state index contributed by atoms with van der Waals surface area (Å²) in [5.41, 5.74) is 0.812. The van der Waals surface area contributed by atoms with Gasteiger partial charge in [0.15, 0.2) is 0 Å². The number of carboxylic acid groups (broad SMARTS) is 1. The Bertz CT molecular complexity index is 697. The number of amides is 1. The highest BCUT2D eigenvalue weighted by atomic mass is 35.5. The third-order valence-electron chi connectivity index (χ3n) is 2.55. The maximum Gasteiger partial charge on any atom is 0.328 e. The first-order valence-electron chi connectivity index (χ1n) is 5.93. The van der Waals surface area contributed by atoms with Crippen molar-refractivity contribution in [2.45, 2.75) is 6.54 Å². The fourth-order valence-corrected chi connectivity index (χ4v) is 2.64. The third-order valence-corrected chi connectivity index (χ3v) is 3.79.